The number of nitrogens with zero attached hydrogens (tertiary/aromatic N) is 2. The Balaban J connectivity index is 1.63. The lowest BCUT2D eigenvalue weighted by Crippen LogP contribution is -2.46. The Bertz CT molecular complexity index is 780. The number of anilines is 1. The first-order chi connectivity index (χ1) is 11.7. The van der Waals surface area contributed by atoms with Crippen molar-refractivity contribution in [3.8, 4) is 0 Å². The summed E-state index contributed by atoms with van der Waals surface area (Å²) < 4.78 is 0. The van der Waals surface area contributed by atoms with Gasteiger partial charge in [-0.2, -0.15) is 0 Å². The van der Waals surface area contributed by atoms with Gasteiger partial charge in [0.25, 0.3) is 0 Å². The molecule has 1 aliphatic heterocycles. The van der Waals surface area contributed by atoms with Gasteiger partial charge in [-0.3, -0.25) is 9.59 Å². The molecule has 2 atom stereocenters. The molecule has 1 amide bonds. The molecule has 0 bridgehead atoms. The molecule has 1 aliphatic carbocycles. The van der Waals surface area contributed by atoms with Crippen LogP contribution in [-0.4, -0.2) is 45.7 Å². The lowest BCUT2D eigenvalue weighted by molar-refractivity contribution is -0.121. The van der Waals surface area contributed by atoms with E-state index in [0.717, 1.165) is 54.4 Å². The van der Waals surface area contributed by atoms with Crippen molar-refractivity contribution >= 4 is 28.9 Å². The number of Topliss-reactive ketones (excluding diaryl/α,β-unsaturated/α-hetero) is 1. The van der Waals surface area contributed by atoms with Gasteiger partial charge in [0.1, 0.15) is 5.65 Å². The van der Waals surface area contributed by atoms with Crippen molar-refractivity contribution in [1.29, 1.82) is 0 Å². The van der Waals surface area contributed by atoms with Crippen molar-refractivity contribution in [2.24, 2.45) is 5.92 Å². The lowest BCUT2D eigenvalue weighted by Gasteiger charge is -2.36. The van der Waals surface area contributed by atoms with Crippen LogP contribution >= 0.6 is 0 Å². The SMILES string of the molecule is CC1CCC(Nc2ccnc3[nH]cc(C(=O)C4CC4)c23)CN1C=O. The van der Waals surface area contributed by atoms with Crippen LogP contribution in [0, 0.1) is 5.92 Å². The van der Waals surface area contributed by atoms with Crippen molar-refractivity contribution in [3.63, 3.8) is 0 Å². The van der Waals surface area contributed by atoms with E-state index >= 15 is 0 Å². The summed E-state index contributed by atoms with van der Waals surface area (Å²) in [5, 5.41) is 4.42. The van der Waals surface area contributed by atoms with E-state index < -0.39 is 0 Å². The van der Waals surface area contributed by atoms with Crippen molar-refractivity contribution in [2.75, 3.05) is 11.9 Å². The highest BCUT2D eigenvalue weighted by atomic mass is 16.1. The topological polar surface area (TPSA) is 78.1 Å². The van der Waals surface area contributed by atoms with Crippen LogP contribution in [-0.2, 0) is 4.79 Å². The Hall–Kier alpha value is -2.37. The summed E-state index contributed by atoms with van der Waals surface area (Å²) >= 11 is 0. The van der Waals surface area contributed by atoms with Crippen LogP contribution in [0.25, 0.3) is 11.0 Å². The molecule has 24 heavy (non-hydrogen) atoms. The standard InChI is InChI=1S/C18H22N4O2/c1-11-2-5-13(9-22(11)10-23)21-15-6-7-19-18-16(15)14(8-20-18)17(24)12-3-4-12/h6-8,10-13H,2-5,9H2,1H3,(H2,19,20,21). The largest absolute Gasteiger partial charge is 0.380 e. The number of ketones is 1. The summed E-state index contributed by atoms with van der Waals surface area (Å²) in [6.45, 7) is 2.76. The van der Waals surface area contributed by atoms with Crippen LogP contribution in [0.3, 0.4) is 0 Å². The Morgan fingerprint density at radius 2 is 2.21 bits per heavy atom. The van der Waals surface area contributed by atoms with E-state index in [9.17, 15) is 9.59 Å². The number of amides is 1. The molecule has 1 saturated carbocycles. The zero-order valence-corrected chi connectivity index (χ0v) is 13.8. The van der Waals surface area contributed by atoms with E-state index in [1.54, 1.807) is 12.4 Å². The van der Waals surface area contributed by atoms with Gasteiger partial charge in [0.15, 0.2) is 5.78 Å². The van der Waals surface area contributed by atoms with Gasteiger partial charge in [-0.15, -0.1) is 0 Å². The Morgan fingerprint density at radius 3 is 2.96 bits per heavy atom. The second-order valence-electron chi connectivity index (χ2n) is 6.99. The first kappa shape index (κ1) is 15.2. The van der Waals surface area contributed by atoms with E-state index in [4.69, 9.17) is 0 Å². The number of piperidine rings is 1. The third kappa shape index (κ3) is 2.66. The number of likely N-dealkylation sites (tertiary alicyclic amines) is 1. The van der Waals surface area contributed by atoms with Gasteiger partial charge >= 0.3 is 0 Å². The second kappa shape index (κ2) is 5.92. The van der Waals surface area contributed by atoms with E-state index in [0.29, 0.717) is 6.54 Å². The zero-order valence-electron chi connectivity index (χ0n) is 13.8. The lowest BCUT2D eigenvalue weighted by atomic mass is 9.99. The van der Waals surface area contributed by atoms with Gasteiger partial charge < -0.3 is 15.2 Å². The van der Waals surface area contributed by atoms with Gasteiger partial charge in [-0.05, 0) is 38.7 Å². The molecular formula is C18H22N4O2. The molecule has 6 heteroatoms. The molecule has 126 valence electrons. The van der Waals surface area contributed by atoms with Crippen LogP contribution in [0.15, 0.2) is 18.5 Å². The molecule has 2 aliphatic rings. The van der Waals surface area contributed by atoms with Gasteiger partial charge in [0.2, 0.25) is 6.41 Å². The third-order valence-electron chi connectivity index (χ3n) is 5.21. The molecule has 2 fully saturated rings. The predicted octanol–water partition coefficient (Wildman–Crippen LogP) is 2.58. The maximum atomic E-state index is 12.5. The summed E-state index contributed by atoms with van der Waals surface area (Å²) in [4.78, 5) is 33.0. The molecule has 2 N–H and O–H groups in total. The molecule has 1 saturated heterocycles. The third-order valence-corrected chi connectivity index (χ3v) is 5.21. The van der Waals surface area contributed by atoms with E-state index in [1.807, 2.05) is 11.0 Å². The predicted molar refractivity (Wildman–Crippen MR) is 92.0 cm³/mol. The van der Waals surface area contributed by atoms with Crippen LogP contribution in [0.1, 0.15) is 43.0 Å². The molecular weight excluding hydrogens is 304 g/mol. The monoisotopic (exact) mass is 326 g/mol. The number of carbonyl (C=O) groups is 2. The number of rotatable bonds is 5. The molecule has 6 nitrogen and oxygen atoms in total. The first-order valence-corrected chi connectivity index (χ1v) is 8.65. The minimum atomic E-state index is 0.179. The Morgan fingerprint density at radius 1 is 1.38 bits per heavy atom. The van der Waals surface area contributed by atoms with E-state index in [2.05, 4.69) is 22.2 Å². The quantitative estimate of drug-likeness (QED) is 0.654. The van der Waals surface area contributed by atoms with Crippen LogP contribution in [0.2, 0.25) is 0 Å². The summed E-state index contributed by atoms with van der Waals surface area (Å²) in [6, 6.07) is 2.40. The molecule has 0 radical (unpaired) electrons. The van der Waals surface area contributed by atoms with Gasteiger partial charge in [-0.25, -0.2) is 4.98 Å². The number of hydrogen-bond donors (Lipinski definition) is 2. The molecule has 0 aromatic carbocycles. The molecule has 2 aromatic heterocycles. The summed E-state index contributed by atoms with van der Waals surface area (Å²) in [5.74, 6) is 0.391. The highest BCUT2D eigenvalue weighted by Gasteiger charge is 2.33. The van der Waals surface area contributed by atoms with Gasteiger partial charge in [0.05, 0.1) is 5.39 Å². The fourth-order valence-corrected chi connectivity index (χ4v) is 3.56. The van der Waals surface area contributed by atoms with Crippen LogP contribution in [0.5, 0.6) is 0 Å². The zero-order chi connectivity index (χ0) is 16.7. The summed E-state index contributed by atoms with van der Waals surface area (Å²) in [7, 11) is 0. The minimum absolute atomic E-state index is 0.179. The first-order valence-electron chi connectivity index (χ1n) is 8.65. The highest BCUT2D eigenvalue weighted by Crippen LogP contribution is 2.36. The number of carbonyl (C=O) groups excluding carboxylic acids is 2. The van der Waals surface area contributed by atoms with Crippen molar-refractivity contribution in [1.82, 2.24) is 14.9 Å². The van der Waals surface area contributed by atoms with Gasteiger partial charge in [0, 0.05) is 48.2 Å². The number of pyridine rings is 1. The number of aromatic nitrogens is 2. The molecule has 3 heterocycles. The van der Waals surface area contributed by atoms with E-state index in [-0.39, 0.29) is 23.8 Å². The van der Waals surface area contributed by atoms with Crippen molar-refractivity contribution < 1.29 is 9.59 Å². The Kier molecular flexibility index (Phi) is 3.75. The van der Waals surface area contributed by atoms with Gasteiger partial charge in [-0.1, -0.05) is 0 Å². The summed E-state index contributed by atoms with van der Waals surface area (Å²) in [6.07, 6.45) is 8.42. The average Bonchev–Trinajstić information content (AvgIpc) is 3.35. The number of nitrogens with one attached hydrogen (secondary N) is 2. The molecule has 4 rings (SSSR count). The second-order valence-corrected chi connectivity index (χ2v) is 6.99. The summed E-state index contributed by atoms with van der Waals surface area (Å²) in [5.41, 5.74) is 2.40. The fourth-order valence-electron chi connectivity index (χ4n) is 3.56. The number of H-pyrrole nitrogens is 1. The molecule has 2 unspecified atom stereocenters. The minimum Gasteiger partial charge on any atom is -0.380 e. The van der Waals surface area contributed by atoms with Crippen LogP contribution in [0.4, 0.5) is 5.69 Å². The maximum Gasteiger partial charge on any atom is 0.210 e. The van der Waals surface area contributed by atoms with Crippen molar-refractivity contribution in [3.05, 3.63) is 24.0 Å². The van der Waals surface area contributed by atoms with Crippen molar-refractivity contribution in [2.45, 2.75) is 44.7 Å². The van der Waals surface area contributed by atoms with E-state index in [1.165, 1.54) is 0 Å². The number of fused-ring (bicyclic) bond motifs is 1. The smallest absolute Gasteiger partial charge is 0.210 e. The number of hydrogen-bond acceptors (Lipinski definition) is 4. The Labute approximate surface area is 140 Å². The van der Waals surface area contributed by atoms with Crippen LogP contribution < -0.4 is 5.32 Å². The average molecular weight is 326 g/mol. The fraction of sp³-hybridized carbons (Fsp3) is 0.500. The number of aromatic amines is 1. The normalized spacial score (nSPS) is 24.1. The maximum absolute atomic E-state index is 12.5. The highest BCUT2D eigenvalue weighted by molar-refractivity contribution is 6.12. The molecule has 0 spiro atoms. The molecule has 2 aromatic rings.